The average Bonchev–Trinajstić information content (AvgIpc) is 2.85. The Morgan fingerprint density at radius 3 is 2.57 bits per heavy atom. The number of thiophene rings is 1. The van der Waals surface area contributed by atoms with Gasteiger partial charge in [-0.2, -0.15) is 4.31 Å². The maximum absolute atomic E-state index is 12.7. The molecule has 7 nitrogen and oxygen atoms in total. The van der Waals surface area contributed by atoms with Crippen molar-refractivity contribution < 1.29 is 23.1 Å². The van der Waals surface area contributed by atoms with Crippen molar-refractivity contribution in [3.05, 3.63) is 16.3 Å². The van der Waals surface area contributed by atoms with E-state index in [9.17, 15) is 18.0 Å². The van der Waals surface area contributed by atoms with Gasteiger partial charge >= 0.3 is 5.97 Å². The number of hydrogen-bond acceptors (Lipinski definition) is 5. The summed E-state index contributed by atoms with van der Waals surface area (Å²) in [6.07, 6.45) is 0. The van der Waals surface area contributed by atoms with Crippen molar-refractivity contribution in [3.8, 4) is 0 Å². The van der Waals surface area contributed by atoms with Gasteiger partial charge in [-0.1, -0.05) is 0 Å². The molecule has 1 aromatic heterocycles. The van der Waals surface area contributed by atoms with Crippen LogP contribution >= 0.6 is 11.3 Å². The zero-order chi connectivity index (χ0) is 16.0. The van der Waals surface area contributed by atoms with Crippen LogP contribution in [0, 0.1) is 0 Å². The zero-order valence-corrected chi connectivity index (χ0v) is 13.5. The van der Waals surface area contributed by atoms with Gasteiger partial charge in [-0.05, 0) is 25.3 Å². The van der Waals surface area contributed by atoms with E-state index in [4.69, 9.17) is 5.11 Å². The summed E-state index contributed by atoms with van der Waals surface area (Å²) in [4.78, 5) is 24.3. The minimum Gasteiger partial charge on any atom is -0.477 e. The van der Waals surface area contributed by atoms with Gasteiger partial charge in [0.15, 0.2) is 0 Å². The maximum atomic E-state index is 12.7. The van der Waals surface area contributed by atoms with E-state index in [-0.39, 0.29) is 28.8 Å². The number of carbonyl (C=O) groups excluding carboxylic acids is 1. The lowest BCUT2D eigenvalue weighted by Gasteiger charge is -2.43. The Balaban J connectivity index is 2.51. The molecular weight excluding hydrogens is 316 g/mol. The number of carbonyl (C=O) groups is 2. The Labute approximate surface area is 126 Å². The Kier molecular flexibility index (Phi) is 3.85. The fraction of sp³-hybridized carbons (Fsp3) is 0.500. The van der Waals surface area contributed by atoms with Gasteiger partial charge < -0.3 is 10.0 Å². The summed E-state index contributed by atoms with van der Waals surface area (Å²) in [5.74, 6) is -1.61. The van der Waals surface area contributed by atoms with Crippen LogP contribution in [0.4, 0.5) is 0 Å². The van der Waals surface area contributed by atoms with Gasteiger partial charge in [0.1, 0.15) is 15.3 Å². The van der Waals surface area contributed by atoms with E-state index in [1.54, 1.807) is 7.05 Å². The molecule has 2 rings (SSSR count). The fourth-order valence-corrected chi connectivity index (χ4v) is 5.36. The molecule has 0 bridgehead atoms. The molecule has 0 atom stereocenters. The predicted molar refractivity (Wildman–Crippen MR) is 76.9 cm³/mol. The lowest BCUT2D eigenvalue weighted by molar-refractivity contribution is -0.142. The highest BCUT2D eigenvalue weighted by atomic mass is 32.2. The quantitative estimate of drug-likeness (QED) is 0.878. The molecular formula is C12H16N2O5S2. The Morgan fingerprint density at radius 2 is 2.00 bits per heavy atom. The van der Waals surface area contributed by atoms with E-state index in [2.05, 4.69) is 0 Å². The van der Waals surface area contributed by atoms with E-state index >= 15 is 0 Å². The second-order valence-corrected chi connectivity index (χ2v) is 8.03. The van der Waals surface area contributed by atoms with Gasteiger partial charge in [0.25, 0.3) is 0 Å². The van der Waals surface area contributed by atoms with Gasteiger partial charge in [0.2, 0.25) is 15.9 Å². The highest BCUT2D eigenvalue weighted by molar-refractivity contribution is 7.89. The molecule has 116 valence electrons. The Hall–Kier alpha value is -1.45. The van der Waals surface area contributed by atoms with E-state index < -0.39 is 21.5 Å². The highest BCUT2D eigenvalue weighted by Crippen LogP contribution is 2.32. The van der Waals surface area contributed by atoms with Crippen LogP contribution in [0.5, 0.6) is 0 Å². The summed E-state index contributed by atoms with van der Waals surface area (Å²) in [6.45, 7) is 3.45. The molecule has 0 aromatic carbocycles. The van der Waals surface area contributed by atoms with Crippen molar-refractivity contribution in [2.45, 2.75) is 24.3 Å². The van der Waals surface area contributed by atoms with Crippen LogP contribution in [0.1, 0.15) is 23.5 Å². The average molecular weight is 332 g/mol. The number of aromatic carboxylic acids is 1. The second-order valence-electron chi connectivity index (χ2n) is 5.28. The minimum atomic E-state index is -4.04. The number of nitrogens with zero attached hydrogens (tertiary/aromatic N) is 2. The van der Waals surface area contributed by atoms with Gasteiger partial charge in [-0.3, -0.25) is 4.79 Å². The molecule has 0 unspecified atom stereocenters. The molecule has 2 heterocycles. The first-order valence-electron chi connectivity index (χ1n) is 6.19. The number of rotatable bonds is 3. The van der Waals surface area contributed by atoms with Gasteiger partial charge in [-0.15, -0.1) is 11.3 Å². The van der Waals surface area contributed by atoms with E-state index in [0.29, 0.717) is 0 Å². The summed E-state index contributed by atoms with van der Waals surface area (Å²) in [5.41, 5.74) is -1.25. The minimum absolute atomic E-state index is 0.131. The predicted octanol–water partition coefficient (Wildman–Crippen LogP) is 0.688. The first-order chi connectivity index (χ1) is 9.60. The maximum Gasteiger partial charge on any atom is 0.347 e. The molecule has 0 spiro atoms. The zero-order valence-electron chi connectivity index (χ0n) is 11.9. The summed E-state index contributed by atoms with van der Waals surface area (Å²) in [7, 11) is -2.43. The first kappa shape index (κ1) is 15.9. The van der Waals surface area contributed by atoms with E-state index in [0.717, 1.165) is 15.6 Å². The molecule has 1 N–H and O–H groups in total. The van der Waals surface area contributed by atoms with Crippen LogP contribution in [-0.4, -0.2) is 60.3 Å². The third-order valence-corrected chi connectivity index (χ3v) is 6.67. The van der Waals surface area contributed by atoms with Crippen LogP contribution in [0.25, 0.3) is 0 Å². The molecule has 0 aliphatic carbocycles. The SMILES string of the molecule is CN1CCN(S(=O)(=O)c2ccsc2C(=O)O)C(C)(C)C1=O. The highest BCUT2D eigenvalue weighted by Gasteiger charge is 2.47. The lowest BCUT2D eigenvalue weighted by Crippen LogP contribution is -2.63. The second kappa shape index (κ2) is 5.08. The van der Waals surface area contributed by atoms with Crippen molar-refractivity contribution in [2.75, 3.05) is 20.1 Å². The van der Waals surface area contributed by atoms with Crippen LogP contribution in [0.3, 0.4) is 0 Å². The number of likely N-dealkylation sites (N-methyl/N-ethyl adjacent to an activating group) is 1. The summed E-state index contributed by atoms with van der Waals surface area (Å²) >= 11 is 0.849. The molecule has 1 saturated heterocycles. The molecule has 1 aromatic rings. The van der Waals surface area contributed by atoms with Crippen molar-refractivity contribution in [1.82, 2.24) is 9.21 Å². The van der Waals surface area contributed by atoms with Crippen molar-refractivity contribution in [1.29, 1.82) is 0 Å². The molecule has 0 saturated carbocycles. The van der Waals surface area contributed by atoms with Crippen molar-refractivity contribution >= 4 is 33.2 Å². The third-order valence-electron chi connectivity index (χ3n) is 3.52. The molecule has 1 fully saturated rings. The van der Waals surface area contributed by atoms with Gasteiger partial charge in [0, 0.05) is 20.1 Å². The van der Waals surface area contributed by atoms with Crippen LogP contribution in [-0.2, 0) is 14.8 Å². The fourth-order valence-electron chi connectivity index (χ4n) is 2.39. The van der Waals surface area contributed by atoms with Crippen LogP contribution in [0.15, 0.2) is 16.3 Å². The Morgan fingerprint density at radius 1 is 1.38 bits per heavy atom. The topological polar surface area (TPSA) is 95.0 Å². The Bertz CT molecular complexity index is 692. The van der Waals surface area contributed by atoms with Gasteiger partial charge in [0.05, 0.1) is 0 Å². The monoisotopic (exact) mass is 332 g/mol. The number of piperazine rings is 1. The van der Waals surface area contributed by atoms with E-state index in [1.165, 1.54) is 30.2 Å². The third kappa shape index (κ3) is 2.45. The molecule has 0 radical (unpaired) electrons. The summed E-state index contributed by atoms with van der Waals surface area (Å²) in [6, 6.07) is 1.27. The number of sulfonamides is 1. The standard InChI is InChI=1S/C12H16N2O5S2/c1-12(2)11(17)13(3)5-6-14(12)21(18,19)8-4-7-20-9(8)10(15)16/h4,7H,5-6H2,1-3H3,(H,15,16). The molecule has 1 aliphatic rings. The summed E-state index contributed by atoms with van der Waals surface area (Å²) < 4.78 is 26.6. The largest absolute Gasteiger partial charge is 0.477 e. The smallest absolute Gasteiger partial charge is 0.347 e. The normalized spacial score (nSPS) is 19.8. The lowest BCUT2D eigenvalue weighted by atomic mass is 10.0. The van der Waals surface area contributed by atoms with Crippen LogP contribution < -0.4 is 0 Å². The number of carboxylic acids is 1. The molecule has 1 amide bonds. The first-order valence-corrected chi connectivity index (χ1v) is 8.51. The van der Waals surface area contributed by atoms with Crippen molar-refractivity contribution in [3.63, 3.8) is 0 Å². The molecule has 21 heavy (non-hydrogen) atoms. The summed E-state index contributed by atoms with van der Waals surface area (Å²) in [5, 5.41) is 10.5. The number of hydrogen-bond donors (Lipinski definition) is 1. The van der Waals surface area contributed by atoms with E-state index in [1.807, 2.05) is 0 Å². The van der Waals surface area contributed by atoms with Crippen molar-refractivity contribution in [2.24, 2.45) is 0 Å². The van der Waals surface area contributed by atoms with Gasteiger partial charge in [-0.25, -0.2) is 13.2 Å². The van der Waals surface area contributed by atoms with Crippen LogP contribution in [0.2, 0.25) is 0 Å². The number of amides is 1. The number of carboxylic acid groups (broad SMARTS) is 1. The molecule has 1 aliphatic heterocycles. The molecule has 9 heteroatoms.